The Bertz CT molecular complexity index is 426. The van der Waals surface area contributed by atoms with Crippen LogP contribution in [0.25, 0.3) is 0 Å². The lowest BCUT2D eigenvalue weighted by Gasteiger charge is -2.32. The van der Waals surface area contributed by atoms with E-state index in [1.165, 1.54) is 6.07 Å². The van der Waals surface area contributed by atoms with Gasteiger partial charge in [-0.25, -0.2) is 4.39 Å². The van der Waals surface area contributed by atoms with Gasteiger partial charge in [-0.15, -0.1) is 0 Å². The molecule has 6 heteroatoms. The maximum Gasteiger partial charge on any atom is 0.170 e. The van der Waals surface area contributed by atoms with Crippen molar-refractivity contribution in [3.05, 3.63) is 35.6 Å². The number of rotatable bonds is 8. The molecule has 0 aliphatic carbocycles. The van der Waals surface area contributed by atoms with E-state index in [0.717, 1.165) is 0 Å². The van der Waals surface area contributed by atoms with Gasteiger partial charge in [0.05, 0.1) is 26.4 Å². The van der Waals surface area contributed by atoms with Gasteiger partial charge in [0.15, 0.2) is 6.29 Å². The van der Waals surface area contributed by atoms with Crippen molar-refractivity contribution in [3.63, 3.8) is 0 Å². The smallest absolute Gasteiger partial charge is 0.170 e. The molecule has 1 aliphatic heterocycles. The van der Waals surface area contributed by atoms with Gasteiger partial charge in [-0.3, -0.25) is 4.90 Å². The first-order valence-electron chi connectivity index (χ1n) is 7.19. The van der Waals surface area contributed by atoms with Crippen molar-refractivity contribution in [2.75, 3.05) is 39.5 Å². The van der Waals surface area contributed by atoms with E-state index in [9.17, 15) is 14.6 Å². The summed E-state index contributed by atoms with van der Waals surface area (Å²) in [4.78, 5) is 1.89. The Morgan fingerprint density at radius 3 is 2.52 bits per heavy atom. The topological polar surface area (TPSA) is 62.2 Å². The highest BCUT2D eigenvalue weighted by molar-refractivity contribution is 5.21. The maximum atomic E-state index is 14.0. The minimum absolute atomic E-state index is 0.0525. The Kier molecular flexibility index (Phi) is 6.53. The largest absolute Gasteiger partial charge is 0.396 e. The van der Waals surface area contributed by atoms with Crippen molar-refractivity contribution >= 4 is 0 Å². The highest BCUT2D eigenvalue weighted by Crippen LogP contribution is 2.27. The van der Waals surface area contributed by atoms with Crippen LogP contribution in [0, 0.1) is 5.82 Å². The normalized spacial score (nSPS) is 17.5. The summed E-state index contributed by atoms with van der Waals surface area (Å²) in [7, 11) is 0. The Morgan fingerprint density at radius 1 is 1.19 bits per heavy atom. The fourth-order valence-corrected chi connectivity index (χ4v) is 2.61. The molecule has 1 atom stereocenters. The lowest BCUT2D eigenvalue weighted by Crippen LogP contribution is -2.38. The predicted octanol–water partition coefficient (Wildman–Crippen LogP) is 0.916. The highest BCUT2D eigenvalue weighted by atomic mass is 19.1. The molecule has 1 heterocycles. The fourth-order valence-electron chi connectivity index (χ4n) is 2.61. The average molecular weight is 299 g/mol. The summed E-state index contributed by atoms with van der Waals surface area (Å²) >= 11 is 0. The van der Waals surface area contributed by atoms with E-state index in [-0.39, 0.29) is 31.4 Å². The van der Waals surface area contributed by atoms with Crippen LogP contribution in [-0.4, -0.2) is 60.9 Å². The molecule has 2 rings (SSSR count). The molecule has 5 nitrogen and oxygen atoms in total. The SMILES string of the molecule is OCCC(c1ccccc1F)N(CCO)CC1OCCO1. The number of aliphatic hydroxyl groups is 2. The minimum Gasteiger partial charge on any atom is -0.396 e. The van der Waals surface area contributed by atoms with Crippen LogP contribution in [0.5, 0.6) is 0 Å². The second kappa shape index (κ2) is 8.41. The first kappa shape index (κ1) is 16.3. The molecule has 1 fully saturated rings. The highest BCUT2D eigenvalue weighted by Gasteiger charge is 2.27. The van der Waals surface area contributed by atoms with Gasteiger partial charge in [0.2, 0.25) is 0 Å². The number of ether oxygens (including phenoxy) is 2. The molecule has 21 heavy (non-hydrogen) atoms. The number of aliphatic hydroxyl groups excluding tert-OH is 2. The lowest BCUT2D eigenvalue weighted by atomic mass is 10.0. The molecule has 0 aromatic heterocycles. The standard InChI is InChI=1S/C15H22FNO4/c16-13-4-2-1-3-12(13)14(5-7-18)17(6-8-19)11-15-20-9-10-21-15/h1-4,14-15,18-19H,5-11H2. The van der Waals surface area contributed by atoms with E-state index >= 15 is 0 Å². The summed E-state index contributed by atoms with van der Waals surface area (Å²) in [6.07, 6.45) is 0.0118. The van der Waals surface area contributed by atoms with E-state index in [2.05, 4.69) is 0 Å². The zero-order valence-corrected chi connectivity index (χ0v) is 11.9. The van der Waals surface area contributed by atoms with Gasteiger partial charge in [0.25, 0.3) is 0 Å². The van der Waals surface area contributed by atoms with Gasteiger partial charge < -0.3 is 19.7 Å². The number of hydrogen-bond acceptors (Lipinski definition) is 5. The zero-order valence-electron chi connectivity index (χ0n) is 11.9. The fraction of sp³-hybridized carbons (Fsp3) is 0.600. The second-order valence-corrected chi connectivity index (χ2v) is 4.94. The Morgan fingerprint density at radius 2 is 1.90 bits per heavy atom. The number of hydrogen-bond donors (Lipinski definition) is 2. The first-order valence-corrected chi connectivity index (χ1v) is 7.19. The van der Waals surface area contributed by atoms with Gasteiger partial charge >= 0.3 is 0 Å². The van der Waals surface area contributed by atoms with Crippen LogP contribution >= 0.6 is 0 Å². The van der Waals surface area contributed by atoms with Crippen LogP contribution < -0.4 is 0 Å². The van der Waals surface area contributed by atoms with Crippen LogP contribution in [0.2, 0.25) is 0 Å². The molecule has 1 aromatic rings. The van der Waals surface area contributed by atoms with E-state index in [1.807, 2.05) is 4.90 Å². The zero-order chi connectivity index (χ0) is 15.1. The molecule has 118 valence electrons. The van der Waals surface area contributed by atoms with Crippen molar-refractivity contribution in [2.24, 2.45) is 0 Å². The van der Waals surface area contributed by atoms with Gasteiger partial charge in [-0.1, -0.05) is 18.2 Å². The third-order valence-corrected chi connectivity index (χ3v) is 3.57. The molecule has 0 spiro atoms. The summed E-state index contributed by atoms with van der Waals surface area (Å²) in [5.74, 6) is -0.313. The quantitative estimate of drug-likeness (QED) is 0.747. The molecule has 0 amide bonds. The van der Waals surface area contributed by atoms with Crippen molar-refractivity contribution in [1.82, 2.24) is 4.90 Å². The molecule has 1 aromatic carbocycles. The molecular weight excluding hydrogens is 277 g/mol. The molecule has 1 aliphatic rings. The molecular formula is C15H22FNO4. The van der Waals surface area contributed by atoms with E-state index < -0.39 is 0 Å². The van der Waals surface area contributed by atoms with Crippen LogP contribution in [0.1, 0.15) is 18.0 Å². The van der Waals surface area contributed by atoms with Crippen molar-refractivity contribution in [2.45, 2.75) is 18.8 Å². The van der Waals surface area contributed by atoms with Gasteiger partial charge in [-0.05, 0) is 12.5 Å². The third-order valence-electron chi connectivity index (χ3n) is 3.57. The summed E-state index contributed by atoms with van der Waals surface area (Å²) in [6.45, 7) is 1.77. The van der Waals surface area contributed by atoms with Crippen molar-refractivity contribution < 1.29 is 24.1 Å². The maximum absolute atomic E-state index is 14.0. The van der Waals surface area contributed by atoms with Crippen molar-refractivity contribution in [3.8, 4) is 0 Å². The third kappa shape index (κ3) is 4.46. The molecule has 1 saturated heterocycles. The summed E-state index contributed by atoms with van der Waals surface area (Å²) in [5.41, 5.74) is 0.512. The van der Waals surface area contributed by atoms with Crippen LogP contribution in [-0.2, 0) is 9.47 Å². The van der Waals surface area contributed by atoms with Crippen molar-refractivity contribution in [1.29, 1.82) is 0 Å². The first-order chi connectivity index (χ1) is 10.3. The Hall–Kier alpha value is -1.05. The Balaban J connectivity index is 2.16. The lowest BCUT2D eigenvalue weighted by molar-refractivity contribution is -0.0724. The van der Waals surface area contributed by atoms with Crippen LogP contribution in [0.15, 0.2) is 24.3 Å². The number of nitrogens with zero attached hydrogens (tertiary/aromatic N) is 1. The van der Waals surface area contributed by atoms with Gasteiger partial charge in [0.1, 0.15) is 5.82 Å². The predicted molar refractivity (Wildman–Crippen MR) is 75.2 cm³/mol. The monoisotopic (exact) mass is 299 g/mol. The van der Waals surface area contributed by atoms with Gasteiger partial charge in [0, 0.05) is 24.8 Å². The minimum atomic E-state index is -0.371. The van der Waals surface area contributed by atoms with E-state index in [1.54, 1.807) is 18.2 Å². The Labute approximate surface area is 123 Å². The summed E-state index contributed by atoms with van der Waals surface area (Å²) < 4.78 is 24.9. The van der Waals surface area contributed by atoms with Crippen LogP contribution in [0.3, 0.4) is 0 Å². The molecule has 0 radical (unpaired) electrons. The molecule has 2 N–H and O–H groups in total. The average Bonchev–Trinajstić information content (AvgIpc) is 2.98. The summed E-state index contributed by atoms with van der Waals surface area (Å²) in [6, 6.07) is 6.18. The second-order valence-electron chi connectivity index (χ2n) is 4.94. The van der Waals surface area contributed by atoms with Gasteiger partial charge in [-0.2, -0.15) is 0 Å². The molecule has 0 saturated carbocycles. The van der Waals surface area contributed by atoms with Crippen LogP contribution in [0.4, 0.5) is 4.39 Å². The van der Waals surface area contributed by atoms with E-state index in [0.29, 0.717) is 38.3 Å². The molecule has 1 unspecified atom stereocenters. The number of benzene rings is 1. The number of halogens is 1. The summed E-state index contributed by atoms with van der Waals surface area (Å²) in [5, 5.41) is 18.6. The molecule has 0 bridgehead atoms. The van der Waals surface area contributed by atoms with E-state index in [4.69, 9.17) is 9.47 Å².